The first-order valence-corrected chi connectivity index (χ1v) is 7.46. The lowest BCUT2D eigenvalue weighted by Gasteiger charge is -2.36. The van der Waals surface area contributed by atoms with E-state index in [1.54, 1.807) is 14.2 Å². The summed E-state index contributed by atoms with van der Waals surface area (Å²) in [6.07, 6.45) is 2.36. The summed E-state index contributed by atoms with van der Waals surface area (Å²) < 4.78 is 10.6. The van der Waals surface area contributed by atoms with Crippen LogP contribution < -0.4 is 5.32 Å². The minimum atomic E-state index is 0.116. The number of rotatable bonds is 10. The quantitative estimate of drug-likeness (QED) is 0.668. The summed E-state index contributed by atoms with van der Waals surface area (Å²) in [6.45, 7) is 6.97. The molecule has 0 spiro atoms. The maximum Gasteiger partial charge on any atom is 0.0587 e. The van der Waals surface area contributed by atoms with E-state index < -0.39 is 0 Å². The predicted molar refractivity (Wildman–Crippen MR) is 84.2 cm³/mol. The molecule has 3 nitrogen and oxygen atoms in total. The third kappa shape index (κ3) is 4.89. The minimum absolute atomic E-state index is 0.116. The second-order valence-corrected chi connectivity index (χ2v) is 5.42. The maximum atomic E-state index is 5.50. The Balaban J connectivity index is 2.85. The fraction of sp³-hybridized carbons (Fsp3) is 0.647. The molecule has 0 aliphatic rings. The molecule has 20 heavy (non-hydrogen) atoms. The number of hydrogen-bond donors (Lipinski definition) is 1. The lowest BCUT2D eigenvalue weighted by Crippen LogP contribution is -2.41. The van der Waals surface area contributed by atoms with E-state index in [1.807, 2.05) is 0 Å². The molecule has 1 N–H and O–H groups in total. The number of hydrogen-bond acceptors (Lipinski definition) is 3. The maximum absolute atomic E-state index is 5.50. The zero-order chi connectivity index (χ0) is 14.8. The molecule has 3 heteroatoms. The van der Waals surface area contributed by atoms with E-state index in [0.717, 1.165) is 32.5 Å². The lowest BCUT2D eigenvalue weighted by molar-refractivity contribution is 0.0839. The van der Waals surface area contributed by atoms with E-state index in [0.29, 0.717) is 0 Å². The fourth-order valence-electron chi connectivity index (χ4n) is 2.69. The van der Waals surface area contributed by atoms with Crippen LogP contribution in [0, 0.1) is 0 Å². The van der Waals surface area contributed by atoms with Crippen LogP contribution in [-0.2, 0) is 14.9 Å². The van der Waals surface area contributed by atoms with Gasteiger partial charge in [0.1, 0.15) is 0 Å². The summed E-state index contributed by atoms with van der Waals surface area (Å²) in [6, 6.07) is 10.8. The van der Waals surface area contributed by atoms with Gasteiger partial charge in [0, 0.05) is 32.7 Å². The van der Waals surface area contributed by atoms with Crippen LogP contribution in [0.1, 0.15) is 32.3 Å². The summed E-state index contributed by atoms with van der Waals surface area (Å²) in [5, 5.41) is 3.53. The molecule has 2 unspecified atom stereocenters. The topological polar surface area (TPSA) is 30.5 Å². The SMILES string of the molecule is CCC(CNCCOC)(CC(C)OC)c1ccccc1. The van der Waals surface area contributed by atoms with Gasteiger partial charge < -0.3 is 14.8 Å². The predicted octanol–water partition coefficient (Wildman–Crippen LogP) is 3.00. The van der Waals surface area contributed by atoms with Gasteiger partial charge in [-0.05, 0) is 25.3 Å². The van der Waals surface area contributed by atoms with E-state index >= 15 is 0 Å². The van der Waals surface area contributed by atoms with Crippen LogP contribution in [0.15, 0.2) is 30.3 Å². The van der Waals surface area contributed by atoms with Crippen LogP contribution in [0.5, 0.6) is 0 Å². The van der Waals surface area contributed by atoms with Gasteiger partial charge in [0.2, 0.25) is 0 Å². The third-order valence-corrected chi connectivity index (χ3v) is 4.09. The van der Waals surface area contributed by atoms with E-state index in [1.165, 1.54) is 5.56 Å². The molecule has 1 rings (SSSR count). The normalized spacial score (nSPS) is 15.8. The Morgan fingerprint density at radius 1 is 1.20 bits per heavy atom. The van der Waals surface area contributed by atoms with Crippen molar-refractivity contribution in [2.24, 2.45) is 0 Å². The molecule has 0 aliphatic carbocycles. The third-order valence-electron chi connectivity index (χ3n) is 4.09. The zero-order valence-electron chi connectivity index (χ0n) is 13.3. The average molecular weight is 279 g/mol. The molecule has 0 fully saturated rings. The van der Waals surface area contributed by atoms with Gasteiger partial charge in [0.05, 0.1) is 12.7 Å². The first-order valence-electron chi connectivity index (χ1n) is 7.46. The molecule has 1 aromatic carbocycles. The van der Waals surface area contributed by atoms with Crippen molar-refractivity contribution in [3.8, 4) is 0 Å². The highest BCUT2D eigenvalue weighted by Gasteiger charge is 2.31. The molecule has 0 saturated carbocycles. The van der Waals surface area contributed by atoms with Crippen LogP contribution in [0.2, 0.25) is 0 Å². The monoisotopic (exact) mass is 279 g/mol. The molecule has 0 saturated heterocycles. The van der Waals surface area contributed by atoms with Gasteiger partial charge in [-0.2, -0.15) is 0 Å². The minimum Gasteiger partial charge on any atom is -0.383 e. The van der Waals surface area contributed by atoms with Crippen LogP contribution >= 0.6 is 0 Å². The van der Waals surface area contributed by atoms with Crippen molar-refractivity contribution >= 4 is 0 Å². The number of nitrogens with one attached hydrogen (secondary N) is 1. The largest absolute Gasteiger partial charge is 0.383 e. The standard InChI is InChI=1S/C17H29NO2/c1-5-17(13-15(2)20-4,14-18-11-12-19-3)16-9-7-6-8-10-16/h6-10,15,18H,5,11-14H2,1-4H3. The van der Waals surface area contributed by atoms with Gasteiger partial charge in [-0.25, -0.2) is 0 Å². The number of ether oxygens (including phenoxy) is 2. The highest BCUT2D eigenvalue weighted by molar-refractivity contribution is 5.26. The van der Waals surface area contributed by atoms with Crippen molar-refractivity contribution in [3.05, 3.63) is 35.9 Å². The molecule has 0 bridgehead atoms. The van der Waals surface area contributed by atoms with Gasteiger partial charge in [0.25, 0.3) is 0 Å². The second kappa shape index (κ2) is 9.11. The van der Waals surface area contributed by atoms with E-state index in [9.17, 15) is 0 Å². The van der Waals surface area contributed by atoms with Gasteiger partial charge in [-0.3, -0.25) is 0 Å². The molecule has 0 amide bonds. The Bertz CT molecular complexity index is 355. The molecule has 1 aromatic rings. The van der Waals surface area contributed by atoms with E-state index in [4.69, 9.17) is 9.47 Å². The molecular formula is C17H29NO2. The van der Waals surface area contributed by atoms with Gasteiger partial charge in [-0.1, -0.05) is 37.3 Å². The van der Waals surface area contributed by atoms with Crippen molar-refractivity contribution in [2.75, 3.05) is 33.9 Å². The number of methoxy groups -OCH3 is 2. The lowest BCUT2D eigenvalue weighted by atomic mass is 9.74. The summed E-state index contributed by atoms with van der Waals surface area (Å²) in [5.74, 6) is 0. The smallest absolute Gasteiger partial charge is 0.0587 e. The Kier molecular flexibility index (Phi) is 7.82. The average Bonchev–Trinajstić information content (AvgIpc) is 2.51. The van der Waals surface area contributed by atoms with E-state index in [-0.39, 0.29) is 11.5 Å². The molecular weight excluding hydrogens is 250 g/mol. The van der Waals surface area contributed by atoms with Crippen molar-refractivity contribution < 1.29 is 9.47 Å². The highest BCUT2D eigenvalue weighted by Crippen LogP contribution is 2.33. The van der Waals surface area contributed by atoms with Crippen molar-refractivity contribution in [1.82, 2.24) is 5.32 Å². The zero-order valence-corrected chi connectivity index (χ0v) is 13.3. The van der Waals surface area contributed by atoms with Crippen LogP contribution in [0.4, 0.5) is 0 Å². The summed E-state index contributed by atoms with van der Waals surface area (Å²) >= 11 is 0. The van der Waals surface area contributed by atoms with Crippen LogP contribution in [0.3, 0.4) is 0 Å². The van der Waals surface area contributed by atoms with Crippen molar-refractivity contribution in [2.45, 2.75) is 38.2 Å². The Labute approximate surface area is 123 Å². The van der Waals surface area contributed by atoms with Crippen LogP contribution in [-0.4, -0.2) is 40.0 Å². The first kappa shape index (κ1) is 17.2. The van der Waals surface area contributed by atoms with Crippen LogP contribution in [0.25, 0.3) is 0 Å². The Morgan fingerprint density at radius 3 is 2.45 bits per heavy atom. The fourth-order valence-corrected chi connectivity index (χ4v) is 2.69. The van der Waals surface area contributed by atoms with Gasteiger partial charge >= 0.3 is 0 Å². The molecule has 2 atom stereocenters. The molecule has 114 valence electrons. The van der Waals surface area contributed by atoms with Crippen molar-refractivity contribution in [3.63, 3.8) is 0 Å². The molecule has 0 aliphatic heterocycles. The highest BCUT2D eigenvalue weighted by atomic mass is 16.5. The molecule has 0 radical (unpaired) electrons. The first-order chi connectivity index (χ1) is 9.68. The second-order valence-electron chi connectivity index (χ2n) is 5.42. The summed E-state index contributed by atoms with van der Waals surface area (Å²) in [4.78, 5) is 0. The summed E-state index contributed by atoms with van der Waals surface area (Å²) in [5.41, 5.74) is 1.50. The van der Waals surface area contributed by atoms with Crippen molar-refractivity contribution in [1.29, 1.82) is 0 Å². The van der Waals surface area contributed by atoms with Gasteiger partial charge in [-0.15, -0.1) is 0 Å². The summed E-state index contributed by atoms with van der Waals surface area (Å²) in [7, 11) is 3.52. The van der Waals surface area contributed by atoms with E-state index in [2.05, 4.69) is 49.5 Å². The number of benzene rings is 1. The van der Waals surface area contributed by atoms with Gasteiger partial charge in [0.15, 0.2) is 0 Å². The Hall–Kier alpha value is -0.900. The Morgan fingerprint density at radius 2 is 1.90 bits per heavy atom. The molecule has 0 heterocycles. The molecule has 0 aromatic heterocycles.